The van der Waals surface area contributed by atoms with E-state index < -0.39 is 17.6 Å². The normalized spacial score (nSPS) is 11.3. The minimum atomic E-state index is -0.788. The van der Waals surface area contributed by atoms with Crippen molar-refractivity contribution in [1.29, 1.82) is 0 Å². The van der Waals surface area contributed by atoms with E-state index in [-0.39, 0.29) is 29.4 Å². The Morgan fingerprint density at radius 3 is 2.71 bits per heavy atom. The van der Waals surface area contributed by atoms with Crippen LogP contribution in [-0.4, -0.2) is 22.1 Å². The Morgan fingerprint density at radius 1 is 1.14 bits per heavy atom. The minimum absolute atomic E-state index is 0.0668. The number of fused-ring (bicyclic) bond motifs is 3. The standard InChI is InChI=1S/C21H15ClF2N2O2/c1-2-28-21(27)17-9-13-12-5-3-4-6-18(12)26(19(13)10-25-17)11-14-16(23)8-7-15(22)20(14)24/h3-10H,2,11H2,1H3. The number of ether oxygens (including phenoxy) is 1. The van der Waals surface area contributed by atoms with Crippen LogP contribution in [0.5, 0.6) is 0 Å². The first-order chi connectivity index (χ1) is 13.5. The lowest BCUT2D eigenvalue weighted by Gasteiger charge is -2.10. The third-order valence-electron chi connectivity index (χ3n) is 4.60. The van der Waals surface area contributed by atoms with Gasteiger partial charge in [-0.2, -0.15) is 0 Å². The first kappa shape index (κ1) is 18.4. The Hall–Kier alpha value is -2.99. The molecule has 142 valence electrons. The van der Waals surface area contributed by atoms with Gasteiger partial charge in [-0.3, -0.25) is 0 Å². The summed E-state index contributed by atoms with van der Waals surface area (Å²) >= 11 is 5.83. The van der Waals surface area contributed by atoms with Crippen LogP contribution >= 0.6 is 11.6 Å². The van der Waals surface area contributed by atoms with Crippen molar-refractivity contribution >= 4 is 39.4 Å². The highest BCUT2D eigenvalue weighted by atomic mass is 35.5. The number of carbonyl (C=O) groups excluding carboxylic acids is 1. The highest BCUT2D eigenvalue weighted by Gasteiger charge is 2.19. The Labute approximate surface area is 164 Å². The summed E-state index contributed by atoms with van der Waals surface area (Å²) in [7, 11) is 0. The van der Waals surface area contributed by atoms with Gasteiger partial charge in [0.2, 0.25) is 0 Å². The second kappa shape index (κ2) is 7.20. The first-order valence-electron chi connectivity index (χ1n) is 8.67. The quantitative estimate of drug-likeness (QED) is 0.343. The number of halogens is 3. The summed E-state index contributed by atoms with van der Waals surface area (Å²) in [5.41, 5.74) is 1.45. The van der Waals surface area contributed by atoms with Crippen LogP contribution in [0.1, 0.15) is 23.0 Å². The number of hydrogen-bond acceptors (Lipinski definition) is 3. The number of carbonyl (C=O) groups is 1. The van der Waals surface area contributed by atoms with Crippen molar-refractivity contribution in [2.24, 2.45) is 0 Å². The van der Waals surface area contributed by atoms with E-state index in [1.54, 1.807) is 17.6 Å². The van der Waals surface area contributed by atoms with E-state index in [9.17, 15) is 13.6 Å². The molecule has 0 unspecified atom stereocenters. The van der Waals surface area contributed by atoms with E-state index in [0.29, 0.717) is 5.52 Å². The maximum absolute atomic E-state index is 14.4. The zero-order chi connectivity index (χ0) is 19.8. The molecule has 0 radical (unpaired) electrons. The van der Waals surface area contributed by atoms with Crippen LogP contribution in [0, 0.1) is 11.6 Å². The van der Waals surface area contributed by atoms with E-state index >= 15 is 0 Å². The largest absolute Gasteiger partial charge is 0.461 e. The highest BCUT2D eigenvalue weighted by Crippen LogP contribution is 2.31. The van der Waals surface area contributed by atoms with E-state index in [4.69, 9.17) is 16.3 Å². The first-order valence-corrected chi connectivity index (χ1v) is 9.05. The fourth-order valence-electron chi connectivity index (χ4n) is 3.30. The summed E-state index contributed by atoms with van der Waals surface area (Å²) in [5.74, 6) is -1.99. The lowest BCUT2D eigenvalue weighted by Crippen LogP contribution is -2.08. The summed E-state index contributed by atoms with van der Waals surface area (Å²) in [6.45, 7) is 1.90. The molecule has 0 fully saturated rings. The zero-order valence-corrected chi connectivity index (χ0v) is 15.6. The van der Waals surface area contributed by atoms with Crippen molar-refractivity contribution in [3.63, 3.8) is 0 Å². The van der Waals surface area contributed by atoms with E-state index in [2.05, 4.69) is 4.98 Å². The molecular weight excluding hydrogens is 386 g/mol. The molecular formula is C21H15ClF2N2O2. The van der Waals surface area contributed by atoms with Crippen molar-refractivity contribution in [2.75, 3.05) is 6.61 Å². The number of rotatable bonds is 4. The third-order valence-corrected chi connectivity index (χ3v) is 4.89. The molecule has 0 N–H and O–H groups in total. The zero-order valence-electron chi connectivity index (χ0n) is 14.9. The summed E-state index contributed by atoms with van der Waals surface area (Å²) in [5, 5.41) is 1.45. The Balaban J connectivity index is 1.93. The van der Waals surface area contributed by atoms with Crippen LogP contribution in [0.15, 0.2) is 48.7 Å². The second-order valence-electron chi connectivity index (χ2n) is 6.23. The van der Waals surface area contributed by atoms with Gasteiger partial charge in [0, 0.05) is 21.9 Å². The predicted molar refractivity (Wildman–Crippen MR) is 104 cm³/mol. The van der Waals surface area contributed by atoms with Gasteiger partial charge in [-0.25, -0.2) is 18.6 Å². The topological polar surface area (TPSA) is 44.1 Å². The molecule has 0 bridgehead atoms. The van der Waals surface area contributed by atoms with E-state index in [0.717, 1.165) is 22.4 Å². The van der Waals surface area contributed by atoms with Gasteiger partial charge < -0.3 is 9.30 Å². The van der Waals surface area contributed by atoms with Gasteiger partial charge in [0.1, 0.15) is 17.3 Å². The monoisotopic (exact) mass is 400 g/mol. The maximum atomic E-state index is 14.4. The number of para-hydroxylation sites is 1. The molecule has 0 saturated heterocycles. The number of hydrogen-bond donors (Lipinski definition) is 0. The van der Waals surface area contributed by atoms with Gasteiger partial charge in [-0.05, 0) is 31.2 Å². The summed E-state index contributed by atoms with van der Waals surface area (Å²) < 4.78 is 35.5. The number of esters is 1. The van der Waals surface area contributed by atoms with Crippen LogP contribution in [0.4, 0.5) is 8.78 Å². The highest BCUT2D eigenvalue weighted by molar-refractivity contribution is 6.30. The summed E-state index contributed by atoms with van der Waals surface area (Å²) in [4.78, 5) is 16.2. The van der Waals surface area contributed by atoms with Crippen LogP contribution in [0.3, 0.4) is 0 Å². The SMILES string of the molecule is CCOC(=O)c1cc2c3ccccc3n(Cc3c(F)ccc(Cl)c3F)c2cn1. The number of benzene rings is 2. The third kappa shape index (κ3) is 2.99. The molecule has 4 nitrogen and oxygen atoms in total. The fourth-order valence-corrected chi connectivity index (χ4v) is 3.48. The molecule has 4 rings (SSSR count). The molecule has 0 amide bonds. The molecule has 2 aromatic heterocycles. The fraction of sp³-hybridized carbons (Fsp3) is 0.143. The van der Waals surface area contributed by atoms with Crippen molar-refractivity contribution < 1.29 is 18.3 Å². The van der Waals surface area contributed by atoms with Crippen LogP contribution < -0.4 is 0 Å². The molecule has 2 heterocycles. The predicted octanol–water partition coefficient (Wildman–Crippen LogP) is 5.35. The average molecular weight is 401 g/mol. The molecule has 7 heteroatoms. The van der Waals surface area contributed by atoms with E-state index in [1.165, 1.54) is 12.3 Å². The van der Waals surface area contributed by atoms with Crippen molar-refractivity contribution in [3.05, 3.63) is 76.6 Å². The Morgan fingerprint density at radius 2 is 1.93 bits per heavy atom. The number of aromatic nitrogens is 2. The molecule has 0 atom stereocenters. The van der Waals surface area contributed by atoms with Crippen molar-refractivity contribution in [1.82, 2.24) is 9.55 Å². The van der Waals surface area contributed by atoms with Crippen molar-refractivity contribution in [3.8, 4) is 0 Å². The molecule has 2 aromatic carbocycles. The summed E-state index contributed by atoms with van der Waals surface area (Å²) in [6, 6.07) is 11.4. The number of pyridine rings is 1. The van der Waals surface area contributed by atoms with Crippen LogP contribution in [0.2, 0.25) is 5.02 Å². The summed E-state index contributed by atoms with van der Waals surface area (Å²) in [6.07, 6.45) is 1.52. The lowest BCUT2D eigenvalue weighted by molar-refractivity contribution is 0.0519. The Bertz CT molecular complexity index is 1220. The molecule has 0 aliphatic rings. The lowest BCUT2D eigenvalue weighted by atomic mass is 10.1. The Kier molecular flexibility index (Phi) is 4.73. The van der Waals surface area contributed by atoms with Crippen LogP contribution in [0.25, 0.3) is 21.8 Å². The van der Waals surface area contributed by atoms with Gasteiger partial charge in [0.15, 0.2) is 0 Å². The molecule has 4 aromatic rings. The molecule has 0 aliphatic carbocycles. The van der Waals surface area contributed by atoms with E-state index in [1.807, 2.05) is 24.3 Å². The molecule has 28 heavy (non-hydrogen) atoms. The van der Waals surface area contributed by atoms with Gasteiger partial charge in [-0.1, -0.05) is 29.8 Å². The average Bonchev–Trinajstić information content (AvgIpc) is 3.01. The maximum Gasteiger partial charge on any atom is 0.356 e. The molecule has 0 aliphatic heterocycles. The van der Waals surface area contributed by atoms with Crippen LogP contribution in [-0.2, 0) is 11.3 Å². The van der Waals surface area contributed by atoms with Crippen molar-refractivity contribution in [2.45, 2.75) is 13.5 Å². The smallest absolute Gasteiger partial charge is 0.356 e. The van der Waals surface area contributed by atoms with Gasteiger partial charge in [-0.15, -0.1) is 0 Å². The second-order valence-corrected chi connectivity index (χ2v) is 6.64. The number of nitrogens with zero attached hydrogens (tertiary/aromatic N) is 2. The molecule has 0 spiro atoms. The molecule has 0 saturated carbocycles. The van der Waals surface area contributed by atoms with Gasteiger partial charge in [0.05, 0.1) is 29.9 Å². The minimum Gasteiger partial charge on any atom is -0.461 e. The van der Waals surface area contributed by atoms with Gasteiger partial charge in [0.25, 0.3) is 0 Å². The van der Waals surface area contributed by atoms with Gasteiger partial charge >= 0.3 is 5.97 Å².